The van der Waals surface area contributed by atoms with Crippen LogP contribution in [0.2, 0.25) is 0 Å². The Morgan fingerprint density at radius 1 is 1.21 bits per heavy atom. The largest absolute Gasteiger partial charge is 0.497 e. The van der Waals surface area contributed by atoms with Gasteiger partial charge in [-0.2, -0.15) is 0 Å². The van der Waals surface area contributed by atoms with Gasteiger partial charge in [0.1, 0.15) is 17.5 Å². The van der Waals surface area contributed by atoms with Gasteiger partial charge in [0.05, 0.1) is 36.6 Å². The number of hydrogen-bond donors (Lipinski definition) is 0. The molecule has 0 radical (unpaired) electrons. The van der Waals surface area contributed by atoms with E-state index in [0.717, 1.165) is 9.13 Å². The van der Waals surface area contributed by atoms with Crippen molar-refractivity contribution in [2.24, 2.45) is 4.99 Å². The van der Waals surface area contributed by atoms with Gasteiger partial charge in [-0.05, 0) is 78.4 Å². The monoisotopic (exact) mass is 590 g/mol. The smallest absolute Gasteiger partial charge is 0.338 e. The van der Waals surface area contributed by atoms with E-state index >= 15 is 0 Å². The molecular weight excluding hydrogens is 567 g/mol. The van der Waals surface area contributed by atoms with E-state index in [0.29, 0.717) is 37.7 Å². The Morgan fingerprint density at radius 3 is 2.68 bits per heavy atom. The molecule has 2 aromatic carbocycles. The summed E-state index contributed by atoms with van der Waals surface area (Å²) < 4.78 is 19.5. The number of carbonyl (C=O) groups excluding carboxylic acids is 1. The standard InChI is InChI=1S/C25H23IN2O5S/c1-5-33-24(30)21-14(2)27-25-28(22(21)18-13-17(31-3)9-10-19(18)32-4)23(29)20(34-25)12-15-7-6-8-16(26)11-15/h6-13,22H,5H2,1-4H3/b20-12+/t22-/m1/s1. The Kier molecular flexibility index (Phi) is 7.22. The van der Waals surface area contributed by atoms with Crippen molar-refractivity contribution in [3.63, 3.8) is 0 Å². The summed E-state index contributed by atoms with van der Waals surface area (Å²) in [5.74, 6) is 0.578. The van der Waals surface area contributed by atoms with Crippen LogP contribution < -0.4 is 24.4 Å². The van der Waals surface area contributed by atoms with E-state index in [2.05, 4.69) is 27.6 Å². The molecule has 0 spiro atoms. The number of carbonyl (C=O) groups is 1. The minimum atomic E-state index is -0.779. The van der Waals surface area contributed by atoms with Crippen LogP contribution in [0, 0.1) is 3.57 Å². The first-order valence-electron chi connectivity index (χ1n) is 10.5. The topological polar surface area (TPSA) is 79.1 Å². The highest BCUT2D eigenvalue weighted by molar-refractivity contribution is 14.1. The van der Waals surface area contributed by atoms with Crippen LogP contribution in [0.25, 0.3) is 6.08 Å². The molecule has 0 N–H and O–H groups in total. The van der Waals surface area contributed by atoms with Crippen molar-refractivity contribution < 1.29 is 19.0 Å². The van der Waals surface area contributed by atoms with Gasteiger partial charge in [0, 0.05) is 9.13 Å². The van der Waals surface area contributed by atoms with Crippen LogP contribution in [0.3, 0.4) is 0 Å². The average molecular weight is 590 g/mol. The summed E-state index contributed by atoms with van der Waals surface area (Å²) in [5.41, 5.74) is 2.07. The molecule has 0 saturated carbocycles. The lowest BCUT2D eigenvalue weighted by molar-refractivity contribution is -0.139. The van der Waals surface area contributed by atoms with Gasteiger partial charge >= 0.3 is 5.97 Å². The predicted molar refractivity (Wildman–Crippen MR) is 139 cm³/mol. The highest BCUT2D eigenvalue weighted by atomic mass is 127. The van der Waals surface area contributed by atoms with Crippen LogP contribution in [-0.2, 0) is 9.53 Å². The average Bonchev–Trinajstić information content (AvgIpc) is 3.12. The Morgan fingerprint density at radius 2 is 2.00 bits per heavy atom. The van der Waals surface area contributed by atoms with Crippen LogP contribution in [0.5, 0.6) is 11.5 Å². The second kappa shape index (κ2) is 10.1. The summed E-state index contributed by atoms with van der Waals surface area (Å²) in [6.45, 7) is 3.70. The second-order valence-electron chi connectivity index (χ2n) is 7.47. The number of nitrogens with zero attached hydrogens (tertiary/aromatic N) is 2. The van der Waals surface area contributed by atoms with Crippen molar-refractivity contribution in [2.75, 3.05) is 20.8 Å². The third kappa shape index (κ3) is 4.54. The van der Waals surface area contributed by atoms with E-state index in [1.165, 1.54) is 11.3 Å². The van der Waals surface area contributed by atoms with Crippen LogP contribution >= 0.6 is 33.9 Å². The van der Waals surface area contributed by atoms with Gasteiger partial charge in [0.15, 0.2) is 4.80 Å². The maximum atomic E-state index is 13.7. The summed E-state index contributed by atoms with van der Waals surface area (Å²) in [6, 6.07) is 12.4. The molecule has 3 aromatic rings. The second-order valence-corrected chi connectivity index (χ2v) is 9.72. The zero-order chi connectivity index (χ0) is 24.4. The van der Waals surface area contributed by atoms with Gasteiger partial charge in [0.2, 0.25) is 0 Å². The van der Waals surface area contributed by atoms with Crippen molar-refractivity contribution in [1.82, 2.24) is 4.57 Å². The summed E-state index contributed by atoms with van der Waals surface area (Å²) in [4.78, 5) is 31.9. The summed E-state index contributed by atoms with van der Waals surface area (Å²) in [5, 5.41) is 0. The number of aromatic nitrogens is 1. The van der Waals surface area contributed by atoms with E-state index in [1.54, 1.807) is 50.8 Å². The minimum Gasteiger partial charge on any atom is -0.497 e. The molecule has 34 heavy (non-hydrogen) atoms. The first-order valence-corrected chi connectivity index (χ1v) is 12.4. The predicted octanol–water partition coefficient (Wildman–Crippen LogP) is 3.42. The fourth-order valence-electron chi connectivity index (χ4n) is 3.89. The molecule has 9 heteroatoms. The fraction of sp³-hybridized carbons (Fsp3) is 0.240. The van der Waals surface area contributed by atoms with E-state index in [9.17, 15) is 9.59 Å². The lowest BCUT2D eigenvalue weighted by Gasteiger charge is -2.26. The van der Waals surface area contributed by atoms with Crippen LogP contribution in [0.1, 0.15) is 31.0 Å². The molecule has 0 aliphatic carbocycles. The Balaban J connectivity index is 2.02. The van der Waals surface area contributed by atoms with E-state index < -0.39 is 12.0 Å². The molecule has 0 unspecified atom stereocenters. The lowest BCUT2D eigenvalue weighted by Crippen LogP contribution is -2.40. The van der Waals surface area contributed by atoms with Crippen LogP contribution in [0.15, 0.2) is 63.5 Å². The quantitative estimate of drug-likeness (QED) is 0.325. The Bertz CT molecular complexity index is 1470. The molecule has 1 atom stereocenters. The van der Waals surface area contributed by atoms with Crippen molar-refractivity contribution in [3.05, 3.63) is 88.1 Å². The number of benzene rings is 2. The first-order chi connectivity index (χ1) is 16.4. The van der Waals surface area contributed by atoms with E-state index in [-0.39, 0.29) is 12.2 Å². The molecule has 0 bridgehead atoms. The zero-order valence-corrected chi connectivity index (χ0v) is 22.1. The Hall–Kier alpha value is -2.92. The molecule has 0 saturated heterocycles. The van der Waals surface area contributed by atoms with Gasteiger partial charge < -0.3 is 14.2 Å². The maximum absolute atomic E-state index is 13.7. The zero-order valence-electron chi connectivity index (χ0n) is 19.1. The number of rotatable bonds is 6. The lowest BCUT2D eigenvalue weighted by atomic mass is 9.94. The van der Waals surface area contributed by atoms with Gasteiger partial charge in [-0.15, -0.1) is 0 Å². The van der Waals surface area contributed by atoms with Crippen LogP contribution in [0.4, 0.5) is 0 Å². The molecule has 7 nitrogen and oxygen atoms in total. The summed E-state index contributed by atoms with van der Waals surface area (Å²) in [7, 11) is 3.11. The van der Waals surface area contributed by atoms with Crippen molar-refractivity contribution in [2.45, 2.75) is 19.9 Å². The number of ether oxygens (including phenoxy) is 3. The molecule has 1 aliphatic rings. The maximum Gasteiger partial charge on any atom is 0.338 e. The number of esters is 1. The van der Waals surface area contributed by atoms with Crippen LogP contribution in [-0.4, -0.2) is 31.4 Å². The highest BCUT2D eigenvalue weighted by Crippen LogP contribution is 2.37. The summed E-state index contributed by atoms with van der Waals surface area (Å²) in [6.07, 6.45) is 1.84. The van der Waals surface area contributed by atoms with E-state index in [4.69, 9.17) is 14.2 Å². The molecule has 0 fully saturated rings. The molecule has 176 valence electrons. The third-order valence-electron chi connectivity index (χ3n) is 5.39. The fourth-order valence-corrected chi connectivity index (χ4v) is 5.50. The molecular formula is C25H23IN2O5S. The number of fused-ring (bicyclic) bond motifs is 1. The molecule has 1 aliphatic heterocycles. The highest BCUT2D eigenvalue weighted by Gasteiger charge is 2.35. The van der Waals surface area contributed by atoms with E-state index in [1.807, 2.05) is 30.3 Å². The molecule has 4 rings (SSSR count). The first kappa shape index (κ1) is 24.2. The molecule has 0 amide bonds. The van der Waals surface area contributed by atoms with Crippen molar-refractivity contribution in [3.8, 4) is 11.5 Å². The van der Waals surface area contributed by atoms with Gasteiger partial charge in [-0.3, -0.25) is 9.36 Å². The van der Waals surface area contributed by atoms with Crippen molar-refractivity contribution in [1.29, 1.82) is 0 Å². The number of halogens is 1. The minimum absolute atomic E-state index is 0.203. The number of allylic oxidation sites excluding steroid dienone is 1. The van der Waals surface area contributed by atoms with Crippen molar-refractivity contribution >= 4 is 46.0 Å². The number of methoxy groups -OCH3 is 2. The number of hydrogen-bond acceptors (Lipinski definition) is 7. The van der Waals surface area contributed by atoms with Gasteiger partial charge in [-0.1, -0.05) is 23.5 Å². The number of thiazole rings is 1. The Labute approximate surface area is 214 Å². The third-order valence-corrected chi connectivity index (χ3v) is 7.05. The summed E-state index contributed by atoms with van der Waals surface area (Å²) >= 11 is 3.52. The van der Waals surface area contributed by atoms with Gasteiger partial charge in [-0.25, -0.2) is 9.79 Å². The molecule has 2 heterocycles. The van der Waals surface area contributed by atoms with Gasteiger partial charge in [0.25, 0.3) is 5.56 Å². The molecule has 1 aromatic heterocycles. The normalized spacial score (nSPS) is 15.6. The SMILES string of the molecule is CCOC(=O)C1=C(C)N=c2s/c(=C/c3cccc(I)c3)c(=O)n2[C@@H]1c1cc(OC)ccc1OC.